The maximum absolute atomic E-state index is 4.45. The number of nitrogens with one attached hydrogen (secondary N) is 2. The molecule has 2 rings (SSSR count). The van der Waals surface area contributed by atoms with E-state index in [-0.39, 0.29) is 0 Å². The molecule has 112 valence electrons. The summed E-state index contributed by atoms with van der Waals surface area (Å²) < 4.78 is 0.338. The Morgan fingerprint density at radius 1 is 1.15 bits per heavy atom. The van der Waals surface area contributed by atoms with E-state index in [1.165, 1.54) is 25.7 Å². The zero-order valence-electron chi connectivity index (χ0n) is 12.7. The summed E-state index contributed by atoms with van der Waals surface area (Å²) in [5.41, 5.74) is 0. The van der Waals surface area contributed by atoms with Gasteiger partial charge in [-0.15, -0.1) is 0 Å². The van der Waals surface area contributed by atoms with Gasteiger partial charge in [-0.05, 0) is 19.1 Å². The van der Waals surface area contributed by atoms with E-state index in [4.69, 9.17) is 0 Å². The lowest BCUT2D eigenvalue weighted by atomic mass is 10.1. The smallest absolute Gasteiger partial charge is 0.231 e. The number of aromatic nitrogens is 3. The molecule has 1 heterocycles. The highest BCUT2D eigenvalue weighted by molar-refractivity contribution is 8.00. The molecule has 0 radical (unpaired) electrons. The van der Waals surface area contributed by atoms with Crippen molar-refractivity contribution in [1.29, 1.82) is 0 Å². The summed E-state index contributed by atoms with van der Waals surface area (Å²) in [6, 6.07) is 0. The quantitative estimate of drug-likeness (QED) is 0.833. The molecule has 0 aromatic carbocycles. The molecule has 1 aliphatic rings. The van der Waals surface area contributed by atoms with Gasteiger partial charge in [-0.2, -0.15) is 26.7 Å². The SMILES string of the molecule is CNc1nc(NCC2(SC)CCCC2)nc(N(C)C)n1. The van der Waals surface area contributed by atoms with Gasteiger partial charge in [0.1, 0.15) is 0 Å². The first kappa shape index (κ1) is 15.2. The summed E-state index contributed by atoms with van der Waals surface area (Å²) in [5, 5.41) is 6.38. The van der Waals surface area contributed by atoms with Crippen LogP contribution in [0.5, 0.6) is 0 Å². The predicted octanol–water partition coefficient (Wildman–Crippen LogP) is 2.07. The maximum atomic E-state index is 4.45. The lowest BCUT2D eigenvalue weighted by Gasteiger charge is -2.27. The van der Waals surface area contributed by atoms with E-state index in [9.17, 15) is 0 Å². The molecule has 2 N–H and O–H groups in total. The molecule has 1 saturated carbocycles. The standard InChI is InChI=1S/C13H24N6S/c1-14-10-16-11(18-12(17-10)19(2)3)15-9-13(20-4)7-5-6-8-13/h5-9H2,1-4H3,(H2,14,15,16,17,18). The van der Waals surface area contributed by atoms with Crippen molar-refractivity contribution in [1.82, 2.24) is 15.0 Å². The van der Waals surface area contributed by atoms with E-state index in [1.807, 2.05) is 37.8 Å². The fraction of sp³-hybridized carbons (Fsp3) is 0.769. The largest absolute Gasteiger partial charge is 0.357 e. The predicted molar refractivity (Wildman–Crippen MR) is 86.9 cm³/mol. The third-order valence-corrected chi connectivity index (χ3v) is 5.18. The Bertz CT molecular complexity index is 444. The van der Waals surface area contributed by atoms with Crippen LogP contribution >= 0.6 is 11.8 Å². The van der Waals surface area contributed by atoms with Gasteiger partial charge in [0.25, 0.3) is 0 Å². The molecule has 0 unspecified atom stereocenters. The molecule has 1 fully saturated rings. The number of anilines is 3. The Morgan fingerprint density at radius 2 is 1.80 bits per heavy atom. The van der Waals surface area contributed by atoms with Crippen LogP contribution < -0.4 is 15.5 Å². The third-order valence-electron chi connectivity index (χ3n) is 3.76. The second-order valence-electron chi connectivity index (χ2n) is 5.37. The number of hydrogen-bond acceptors (Lipinski definition) is 7. The van der Waals surface area contributed by atoms with Crippen LogP contribution in [0.3, 0.4) is 0 Å². The molecule has 0 atom stereocenters. The highest BCUT2D eigenvalue weighted by Gasteiger charge is 2.32. The Kier molecular flexibility index (Phi) is 4.91. The maximum Gasteiger partial charge on any atom is 0.231 e. The summed E-state index contributed by atoms with van der Waals surface area (Å²) >= 11 is 1.96. The van der Waals surface area contributed by atoms with Gasteiger partial charge < -0.3 is 15.5 Å². The van der Waals surface area contributed by atoms with Gasteiger partial charge in [-0.1, -0.05) is 12.8 Å². The van der Waals surface area contributed by atoms with Crippen LogP contribution in [-0.4, -0.2) is 53.6 Å². The fourth-order valence-electron chi connectivity index (χ4n) is 2.47. The zero-order valence-corrected chi connectivity index (χ0v) is 13.5. The topological polar surface area (TPSA) is 66.0 Å². The number of hydrogen-bond donors (Lipinski definition) is 2. The third kappa shape index (κ3) is 3.45. The highest BCUT2D eigenvalue weighted by Crippen LogP contribution is 2.40. The molecule has 0 saturated heterocycles. The summed E-state index contributed by atoms with van der Waals surface area (Å²) in [4.78, 5) is 15.0. The molecule has 1 aromatic heterocycles. The van der Waals surface area contributed by atoms with Gasteiger partial charge in [0.15, 0.2) is 0 Å². The molecular formula is C13H24N6S. The minimum Gasteiger partial charge on any atom is -0.357 e. The van der Waals surface area contributed by atoms with E-state index >= 15 is 0 Å². The van der Waals surface area contributed by atoms with Crippen molar-refractivity contribution in [2.45, 2.75) is 30.4 Å². The first-order valence-corrected chi connectivity index (χ1v) is 8.21. The monoisotopic (exact) mass is 296 g/mol. The average molecular weight is 296 g/mol. The summed E-state index contributed by atoms with van der Waals surface area (Å²) in [5.74, 6) is 1.90. The molecular weight excluding hydrogens is 272 g/mol. The molecule has 0 bridgehead atoms. The fourth-order valence-corrected chi connectivity index (χ4v) is 3.38. The van der Waals surface area contributed by atoms with Crippen LogP contribution in [0, 0.1) is 0 Å². The van der Waals surface area contributed by atoms with Gasteiger partial charge in [-0.3, -0.25) is 0 Å². The van der Waals surface area contributed by atoms with Gasteiger partial charge in [0.2, 0.25) is 17.8 Å². The lowest BCUT2D eigenvalue weighted by molar-refractivity contribution is 0.637. The molecule has 20 heavy (non-hydrogen) atoms. The van der Waals surface area contributed by atoms with Crippen LogP contribution in [0.2, 0.25) is 0 Å². The first-order chi connectivity index (χ1) is 9.58. The van der Waals surface area contributed by atoms with Crippen LogP contribution in [-0.2, 0) is 0 Å². The van der Waals surface area contributed by atoms with Crippen LogP contribution in [0.25, 0.3) is 0 Å². The number of rotatable bonds is 6. The van der Waals surface area contributed by atoms with Crippen LogP contribution in [0.15, 0.2) is 0 Å². The Morgan fingerprint density at radius 3 is 2.35 bits per heavy atom. The van der Waals surface area contributed by atoms with Gasteiger partial charge in [0, 0.05) is 32.4 Å². The molecule has 0 spiro atoms. The Hall–Kier alpha value is -1.24. The summed E-state index contributed by atoms with van der Waals surface area (Å²) in [7, 11) is 5.68. The molecule has 1 aromatic rings. The summed E-state index contributed by atoms with van der Waals surface area (Å²) in [6.07, 6.45) is 7.39. The van der Waals surface area contributed by atoms with E-state index < -0.39 is 0 Å². The van der Waals surface area contributed by atoms with E-state index in [2.05, 4.69) is 31.8 Å². The van der Waals surface area contributed by atoms with E-state index in [0.717, 1.165) is 6.54 Å². The van der Waals surface area contributed by atoms with Gasteiger partial charge in [-0.25, -0.2) is 0 Å². The molecule has 1 aliphatic carbocycles. The average Bonchev–Trinajstić information content (AvgIpc) is 2.94. The van der Waals surface area contributed by atoms with Crippen molar-refractivity contribution >= 4 is 29.6 Å². The summed E-state index contributed by atoms with van der Waals surface area (Å²) in [6.45, 7) is 0.911. The zero-order chi connectivity index (χ0) is 14.6. The molecule has 6 nitrogen and oxygen atoms in total. The minimum absolute atomic E-state index is 0.338. The van der Waals surface area contributed by atoms with Crippen LogP contribution in [0.1, 0.15) is 25.7 Å². The second-order valence-corrected chi connectivity index (χ2v) is 6.65. The van der Waals surface area contributed by atoms with Gasteiger partial charge >= 0.3 is 0 Å². The normalized spacial score (nSPS) is 17.0. The molecule has 0 aliphatic heterocycles. The van der Waals surface area contributed by atoms with Crippen LogP contribution in [0.4, 0.5) is 17.8 Å². The number of thioether (sulfide) groups is 1. The van der Waals surface area contributed by atoms with Crippen molar-refractivity contribution in [3.63, 3.8) is 0 Å². The van der Waals surface area contributed by atoms with Crippen molar-refractivity contribution in [2.75, 3.05) is 49.5 Å². The Labute approximate surface area is 125 Å². The van der Waals surface area contributed by atoms with Crippen molar-refractivity contribution in [2.24, 2.45) is 0 Å². The second kappa shape index (κ2) is 6.47. The number of nitrogens with zero attached hydrogens (tertiary/aromatic N) is 4. The highest BCUT2D eigenvalue weighted by atomic mass is 32.2. The lowest BCUT2D eigenvalue weighted by Crippen LogP contribution is -2.31. The van der Waals surface area contributed by atoms with Gasteiger partial charge in [0.05, 0.1) is 0 Å². The minimum atomic E-state index is 0.338. The van der Waals surface area contributed by atoms with E-state index in [0.29, 0.717) is 22.6 Å². The molecule has 7 heteroatoms. The van der Waals surface area contributed by atoms with E-state index in [1.54, 1.807) is 0 Å². The van der Waals surface area contributed by atoms with Crippen molar-refractivity contribution < 1.29 is 0 Å². The first-order valence-electron chi connectivity index (χ1n) is 6.99. The van der Waals surface area contributed by atoms with Crippen molar-refractivity contribution in [3.05, 3.63) is 0 Å². The Balaban J connectivity index is 2.10. The van der Waals surface area contributed by atoms with Crippen molar-refractivity contribution in [3.8, 4) is 0 Å². The molecule has 0 amide bonds.